The number of sulfonamides is 1. The third-order valence-electron chi connectivity index (χ3n) is 6.74. The summed E-state index contributed by atoms with van der Waals surface area (Å²) < 4.78 is 34.9. The molecular weight excluding hydrogens is 606 g/mol. The summed E-state index contributed by atoms with van der Waals surface area (Å²) in [5, 5.41) is 2.90. The number of amides is 2. The van der Waals surface area contributed by atoms with Gasteiger partial charge in [0.15, 0.2) is 0 Å². The van der Waals surface area contributed by atoms with Crippen molar-refractivity contribution in [2.75, 3.05) is 24.5 Å². The molecule has 0 heterocycles. The predicted molar refractivity (Wildman–Crippen MR) is 166 cm³/mol. The number of carbonyl (C=O) groups excluding carboxylic acids is 2. The highest BCUT2D eigenvalue weighted by molar-refractivity contribution is 9.10. The third kappa shape index (κ3) is 8.33. The number of anilines is 1. The largest absolute Gasteiger partial charge is 0.496 e. The molecule has 1 N–H and O–H groups in total. The molecule has 3 aromatic carbocycles. The Morgan fingerprint density at radius 1 is 1.00 bits per heavy atom. The van der Waals surface area contributed by atoms with Crippen molar-refractivity contribution >= 4 is 43.5 Å². The zero-order chi connectivity index (χ0) is 30.2. The van der Waals surface area contributed by atoms with Crippen LogP contribution in [0.1, 0.15) is 43.4 Å². The average Bonchev–Trinajstić information content (AvgIpc) is 2.94. The SMILES string of the molecule is CCCCNC(=O)C(C)N(Cc1cccc(C)c1)C(=O)CN(c1ccc(C)cc1)S(=O)(=O)c1ccc(OC)c(Br)c1. The minimum absolute atomic E-state index is 0.00542. The topological polar surface area (TPSA) is 96.0 Å². The highest BCUT2D eigenvalue weighted by Gasteiger charge is 2.32. The van der Waals surface area contributed by atoms with E-state index in [0.717, 1.165) is 33.8 Å². The van der Waals surface area contributed by atoms with Crippen LogP contribution in [-0.2, 0) is 26.2 Å². The molecule has 10 heteroatoms. The van der Waals surface area contributed by atoms with Crippen molar-refractivity contribution in [3.8, 4) is 5.75 Å². The molecule has 2 amide bonds. The number of nitrogens with zero attached hydrogens (tertiary/aromatic N) is 2. The molecular formula is C31H38BrN3O5S. The Morgan fingerprint density at radius 2 is 1.71 bits per heavy atom. The summed E-state index contributed by atoms with van der Waals surface area (Å²) in [6.45, 7) is 7.71. The number of rotatable bonds is 13. The van der Waals surface area contributed by atoms with Crippen LogP contribution >= 0.6 is 15.9 Å². The van der Waals surface area contributed by atoms with E-state index >= 15 is 0 Å². The van der Waals surface area contributed by atoms with E-state index in [1.165, 1.54) is 24.1 Å². The number of halogens is 1. The van der Waals surface area contributed by atoms with Gasteiger partial charge in [-0.3, -0.25) is 13.9 Å². The van der Waals surface area contributed by atoms with Gasteiger partial charge in [-0.05, 0) is 79.0 Å². The quantitative estimate of drug-likeness (QED) is 0.245. The molecule has 0 aromatic heterocycles. The van der Waals surface area contributed by atoms with Crippen molar-refractivity contribution < 1.29 is 22.7 Å². The summed E-state index contributed by atoms with van der Waals surface area (Å²) in [6, 6.07) is 18.2. The minimum atomic E-state index is -4.19. The maximum atomic E-state index is 14.0. The van der Waals surface area contributed by atoms with Crippen LogP contribution in [-0.4, -0.2) is 51.4 Å². The second kappa shape index (κ2) is 14.5. The zero-order valence-corrected chi connectivity index (χ0v) is 26.6. The van der Waals surface area contributed by atoms with Gasteiger partial charge in [0.2, 0.25) is 11.8 Å². The predicted octanol–water partition coefficient (Wildman–Crippen LogP) is 5.60. The molecule has 0 radical (unpaired) electrons. The van der Waals surface area contributed by atoms with E-state index in [1.807, 2.05) is 45.0 Å². The Hall–Kier alpha value is -3.37. The standard InChI is InChI=1S/C31H38BrN3O5S/c1-6-7-17-33-31(37)24(4)34(20-25-10-8-9-23(3)18-25)30(36)21-35(26-13-11-22(2)12-14-26)41(38,39)27-15-16-29(40-5)28(32)19-27/h8-16,18-19,24H,6-7,17,20-21H2,1-5H3,(H,33,37). The lowest BCUT2D eigenvalue weighted by molar-refractivity contribution is -0.139. The lowest BCUT2D eigenvalue weighted by atomic mass is 10.1. The second-order valence-electron chi connectivity index (χ2n) is 9.97. The van der Waals surface area contributed by atoms with E-state index in [2.05, 4.69) is 21.2 Å². The molecule has 0 saturated carbocycles. The summed E-state index contributed by atoms with van der Waals surface area (Å²) in [7, 11) is -2.69. The van der Waals surface area contributed by atoms with Gasteiger partial charge in [-0.25, -0.2) is 8.42 Å². The minimum Gasteiger partial charge on any atom is -0.496 e. The second-order valence-corrected chi connectivity index (χ2v) is 12.7. The molecule has 0 aliphatic rings. The summed E-state index contributed by atoms with van der Waals surface area (Å²) in [5.74, 6) is -0.307. The van der Waals surface area contributed by atoms with Gasteiger partial charge in [0.25, 0.3) is 10.0 Å². The number of carbonyl (C=O) groups is 2. The number of nitrogens with one attached hydrogen (secondary N) is 1. The lowest BCUT2D eigenvalue weighted by Crippen LogP contribution is -2.51. The maximum absolute atomic E-state index is 14.0. The van der Waals surface area contributed by atoms with Crippen LogP contribution in [0.15, 0.2) is 76.1 Å². The van der Waals surface area contributed by atoms with E-state index in [0.29, 0.717) is 22.5 Å². The van der Waals surface area contributed by atoms with Crippen LogP contribution < -0.4 is 14.4 Å². The fourth-order valence-electron chi connectivity index (χ4n) is 4.30. The molecule has 220 valence electrons. The summed E-state index contributed by atoms with van der Waals surface area (Å²) >= 11 is 3.36. The molecule has 41 heavy (non-hydrogen) atoms. The Balaban J connectivity index is 2.02. The summed E-state index contributed by atoms with van der Waals surface area (Å²) in [6.07, 6.45) is 1.74. The highest BCUT2D eigenvalue weighted by Crippen LogP contribution is 2.31. The van der Waals surface area contributed by atoms with Crippen molar-refractivity contribution in [1.82, 2.24) is 10.2 Å². The first-order chi connectivity index (χ1) is 19.5. The molecule has 1 atom stereocenters. The molecule has 0 spiro atoms. The van der Waals surface area contributed by atoms with Gasteiger partial charge in [-0.15, -0.1) is 0 Å². The van der Waals surface area contributed by atoms with Crippen molar-refractivity contribution in [2.24, 2.45) is 0 Å². The molecule has 8 nitrogen and oxygen atoms in total. The molecule has 1 unspecified atom stereocenters. The van der Waals surface area contributed by atoms with Gasteiger partial charge >= 0.3 is 0 Å². The first-order valence-corrected chi connectivity index (χ1v) is 15.8. The zero-order valence-electron chi connectivity index (χ0n) is 24.2. The molecule has 0 aliphatic carbocycles. The normalized spacial score (nSPS) is 12.0. The fraction of sp³-hybridized carbons (Fsp3) is 0.355. The van der Waals surface area contributed by atoms with Crippen LogP contribution in [0.4, 0.5) is 5.69 Å². The summed E-state index contributed by atoms with van der Waals surface area (Å²) in [5.41, 5.74) is 3.15. The van der Waals surface area contributed by atoms with E-state index in [4.69, 9.17) is 4.74 Å². The Kier molecular flexibility index (Phi) is 11.4. The fourth-order valence-corrected chi connectivity index (χ4v) is 6.43. The van der Waals surface area contributed by atoms with Crippen LogP contribution in [0.25, 0.3) is 0 Å². The van der Waals surface area contributed by atoms with Crippen molar-refractivity contribution in [1.29, 1.82) is 0 Å². The Labute approximate surface area is 251 Å². The highest BCUT2D eigenvalue weighted by atomic mass is 79.9. The average molecular weight is 645 g/mol. The Bertz CT molecular complexity index is 1460. The molecule has 0 saturated heterocycles. The number of benzene rings is 3. The van der Waals surface area contributed by atoms with Gasteiger partial charge in [-0.2, -0.15) is 0 Å². The van der Waals surface area contributed by atoms with Crippen LogP contribution in [0.3, 0.4) is 0 Å². The molecule has 0 fully saturated rings. The molecule has 0 aliphatic heterocycles. The summed E-state index contributed by atoms with van der Waals surface area (Å²) in [4.78, 5) is 28.5. The van der Waals surface area contributed by atoms with Gasteiger partial charge in [0, 0.05) is 13.1 Å². The monoisotopic (exact) mass is 643 g/mol. The van der Waals surface area contributed by atoms with Crippen molar-refractivity contribution in [3.05, 3.63) is 87.9 Å². The van der Waals surface area contributed by atoms with E-state index in [-0.39, 0.29) is 17.3 Å². The smallest absolute Gasteiger partial charge is 0.264 e. The molecule has 3 rings (SSSR count). The number of ether oxygens (including phenoxy) is 1. The van der Waals surface area contributed by atoms with E-state index < -0.39 is 28.5 Å². The van der Waals surface area contributed by atoms with Gasteiger partial charge in [0.05, 0.1) is 22.2 Å². The molecule has 0 bridgehead atoms. The Morgan fingerprint density at radius 3 is 2.32 bits per heavy atom. The van der Waals surface area contributed by atoms with Gasteiger partial charge in [0.1, 0.15) is 18.3 Å². The number of unbranched alkanes of at least 4 members (excludes halogenated alkanes) is 1. The maximum Gasteiger partial charge on any atom is 0.264 e. The lowest BCUT2D eigenvalue weighted by Gasteiger charge is -2.32. The van der Waals surface area contributed by atoms with Gasteiger partial charge in [-0.1, -0.05) is 60.9 Å². The van der Waals surface area contributed by atoms with E-state index in [1.54, 1.807) is 37.3 Å². The van der Waals surface area contributed by atoms with Crippen molar-refractivity contribution in [3.63, 3.8) is 0 Å². The van der Waals surface area contributed by atoms with Gasteiger partial charge < -0.3 is 15.0 Å². The number of methoxy groups -OCH3 is 1. The number of hydrogen-bond donors (Lipinski definition) is 1. The van der Waals surface area contributed by atoms with Crippen LogP contribution in [0.5, 0.6) is 5.75 Å². The third-order valence-corrected chi connectivity index (χ3v) is 9.13. The number of hydrogen-bond acceptors (Lipinski definition) is 5. The first kappa shape index (κ1) is 32.1. The van der Waals surface area contributed by atoms with Crippen molar-refractivity contribution in [2.45, 2.75) is 58.0 Å². The molecule has 3 aromatic rings. The number of aryl methyl sites for hydroxylation is 2. The van der Waals surface area contributed by atoms with Crippen LogP contribution in [0.2, 0.25) is 0 Å². The van der Waals surface area contributed by atoms with E-state index in [9.17, 15) is 18.0 Å². The first-order valence-electron chi connectivity index (χ1n) is 13.5. The van der Waals surface area contributed by atoms with Crippen LogP contribution in [0, 0.1) is 13.8 Å².